The van der Waals surface area contributed by atoms with Crippen LogP contribution < -0.4 is 5.32 Å². The van der Waals surface area contributed by atoms with Gasteiger partial charge in [-0.05, 0) is 20.3 Å². The molecule has 0 aliphatic carbocycles. The summed E-state index contributed by atoms with van der Waals surface area (Å²) in [6, 6.07) is 0. The summed E-state index contributed by atoms with van der Waals surface area (Å²) in [5.41, 5.74) is 2.18. The van der Waals surface area contributed by atoms with Gasteiger partial charge in [-0.3, -0.25) is 4.79 Å². The van der Waals surface area contributed by atoms with Crippen molar-refractivity contribution < 1.29 is 4.79 Å². The highest BCUT2D eigenvalue weighted by molar-refractivity contribution is 5.78. The van der Waals surface area contributed by atoms with Crippen LogP contribution in [-0.4, -0.2) is 36.8 Å². The molecule has 3 rings (SSSR count). The molecular weight excluding hydrogens is 268 g/mol. The molecule has 21 heavy (non-hydrogen) atoms. The molecule has 112 valence electrons. The predicted octanol–water partition coefficient (Wildman–Crippen LogP) is 0.470. The fourth-order valence-corrected chi connectivity index (χ4v) is 2.67. The summed E-state index contributed by atoms with van der Waals surface area (Å²) in [4.78, 5) is 20.6. The number of nitrogens with one attached hydrogen (secondary N) is 1. The maximum atomic E-state index is 12.2. The van der Waals surface area contributed by atoms with Crippen molar-refractivity contribution in [2.45, 2.75) is 39.8 Å². The number of hydrogen-bond acceptors (Lipinski definition) is 4. The molecule has 0 saturated carbocycles. The number of rotatable bonds is 4. The molecule has 0 bridgehead atoms. The van der Waals surface area contributed by atoms with Crippen LogP contribution in [0.3, 0.4) is 0 Å². The van der Waals surface area contributed by atoms with Crippen LogP contribution in [0.25, 0.3) is 0 Å². The lowest BCUT2D eigenvalue weighted by molar-refractivity contribution is -0.126. The van der Waals surface area contributed by atoms with Crippen molar-refractivity contribution in [1.29, 1.82) is 0 Å². The van der Waals surface area contributed by atoms with Crippen LogP contribution in [-0.2, 0) is 24.3 Å². The van der Waals surface area contributed by atoms with E-state index in [2.05, 4.69) is 25.0 Å². The Morgan fingerprint density at radius 2 is 2.29 bits per heavy atom. The number of nitrogens with zero attached hydrogens (tertiary/aromatic N) is 5. The van der Waals surface area contributed by atoms with Gasteiger partial charge in [0.05, 0.1) is 24.5 Å². The summed E-state index contributed by atoms with van der Waals surface area (Å²) < 4.78 is 3.89. The van der Waals surface area contributed by atoms with Crippen LogP contribution >= 0.6 is 0 Å². The van der Waals surface area contributed by atoms with Crippen molar-refractivity contribution >= 4 is 5.91 Å². The van der Waals surface area contributed by atoms with E-state index in [-0.39, 0.29) is 11.8 Å². The second-order valence-corrected chi connectivity index (χ2v) is 5.49. The van der Waals surface area contributed by atoms with Gasteiger partial charge in [-0.15, -0.1) is 0 Å². The lowest BCUT2D eigenvalue weighted by Gasteiger charge is -2.21. The first-order valence-electron chi connectivity index (χ1n) is 7.28. The number of amides is 1. The third kappa shape index (κ3) is 2.81. The average molecular weight is 288 g/mol. The van der Waals surface area contributed by atoms with Crippen LogP contribution in [0.1, 0.15) is 23.6 Å². The highest BCUT2D eigenvalue weighted by Gasteiger charge is 2.25. The normalized spacial score (nSPS) is 17.5. The largest absolute Gasteiger partial charge is 0.354 e. The Kier molecular flexibility index (Phi) is 3.72. The zero-order valence-corrected chi connectivity index (χ0v) is 12.4. The maximum absolute atomic E-state index is 12.2. The van der Waals surface area contributed by atoms with Crippen LogP contribution in [0.2, 0.25) is 0 Å². The number of fused-ring (bicyclic) bond motifs is 1. The van der Waals surface area contributed by atoms with E-state index in [9.17, 15) is 4.79 Å². The minimum absolute atomic E-state index is 0.00943. The average Bonchev–Trinajstić information content (AvgIpc) is 3.07. The topological polar surface area (TPSA) is 77.6 Å². The van der Waals surface area contributed by atoms with E-state index in [0.29, 0.717) is 13.1 Å². The monoisotopic (exact) mass is 288 g/mol. The van der Waals surface area contributed by atoms with E-state index < -0.39 is 0 Å². The first kappa shape index (κ1) is 13.8. The van der Waals surface area contributed by atoms with Gasteiger partial charge in [0.1, 0.15) is 12.2 Å². The van der Waals surface area contributed by atoms with Gasteiger partial charge in [0.2, 0.25) is 5.91 Å². The highest BCUT2D eigenvalue weighted by Crippen LogP contribution is 2.17. The SMILES string of the molecule is Cc1ncn(CCNC(=O)C2CCc3ncnn3C2)c1C. The lowest BCUT2D eigenvalue weighted by Crippen LogP contribution is -2.37. The fourth-order valence-electron chi connectivity index (χ4n) is 2.67. The van der Waals surface area contributed by atoms with Crippen LogP contribution in [0.15, 0.2) is 12.7 Å². The molecule has 2 aromatic rings. The summed E-state index contributed by atoms with van der Waals surface area (Å²) in [7, 11) is 0. The molecule has 0 saturated heterocycles. The van der Waals surface area contributed by atoms with E-state index >= 15 is 0 Å². The molecule has 0 radical (unpaired) electrons. The number of carbonyl (C=O) groups is 1. The van der Waals surface area contributed by atoms with Gasteiger partial charge < -0.3 is 9.88 Å². The smallest absolute Gasteiger partial charge is 0.225 e. The molecule has 0 aromatic carbocycles. The minimum atomic E-state index is -0.00943. The predicted molar refractivity (Wildman–Crippen MR) is 76.5 cm³/mol. The number of aryl methyl sites for hydroxylation is 2. The number of imidazole rings is 1. The minimum Gasteiger partial charge on any atom is -0.354 e. The third-order valence-corrected chi connectivity index (χ3v) is 4.17. The summed E-state index contributed by atoms with van der Waals surface area (Å²) in [5, 5.41) is 7.16. The second-order valence-electron chi connectivity index (χ2n) is 5.49. The molecule has 1 amide bonds. The zero-order valence-electron chi connectivity index (χ0n) is 12.4. The van der Waals surface area contributed by atoms with Crippen molar-refractivity contribution in [2.75, 3.05) is 6.54 Å². The van der Waals surface area contributed by atoms with Crippen molar-refractivity contribution in [3.8, 4) is 0 Å². The molecule has 1 aliphatic heterocycles. The van der Waals surface area contributed by atoms with E-state index in [0.717, 1.165) is 36.6 Å². The standard InChI is InChI=1S/C14H20N6O/c1-10-11(2)19(9-17-10)6-5-15-14(21)12-3-4-13-16-8-18-20(13)7-12/h8-9,12H,3-7H2,1-2H3,(H,15,21). The van der Waals surface area contributed by atoms with Gasteiger partial charge in [0, 0.05) is 25.2 Å². The van der Waals surface area contributed by atoms with Gasteiger partial charge in [-0.25, -0.2) is 14.6 Å². The zero-order chi connectivity index (χ0) is 14.8. The van der Waals surface area contributed by atoms with Gasteiger partial charge in [-0.2, -0.15) is 5.10 Å². The van der Waals surface area contributed by atoms with Crippen molar-refractivity contribution in [2.24, 2.45) is 5.92 Å². The van der Waals surface area contributed by atoms with Crippen molar-refractivity contribution in [3.63, 3.8) is 0 Å². The Morgan fingerprint density at radius 1 is 1.43 bits per heavy atom. The Morgan fingerprint density at radius 3 is 3.05 bits per heavy atom. The molecule has 0 spiro atoms. The quantitative estimate of drug-likeness (QED) is 0.887. The van der Waals surface area contributed by atoms with Crippen molar-refractivity contribution in [3.05, 3.63) is 29.9 Å². The Balaban J connectivity index is 1.50. The molecular formula is C14H20N6O. The number of aromatic nitrogens is 5. The van der Waals surface area contributed by atoms with Gasteiger partial charge in [0.25, 0.3) is 0 Å². The van der Waals surface area contributed by atoms with Gasteiger partial charge >= 0.3 is 0 Å². The third-order valence-electron chi connectivity index (χ3n) is 4.17. The first-order valence-corrected chi connectivity index (χ1v) is 7.28. The van der Waals surface area contributed by atoms with E-state index in [1.165, 1.54) is 0 Å². The lowest BCUT2D eigenvalue weighted by atomic mass is 9.99. The molecule has 2 aromatic heterocycles. The van der Waals surface area contributed by atoms with E-state index in [4.69, 9.17) is 0 Å². The molecule has 3 heterocycles. The number of carbonyl (C=O) groups excluding carboxylic acids is 1. The molecule has 0 fully saturated rings. The summed E-state index contributed by atoms with van der Waals surface area (Å²) >= 11 is 0. The van der Waals surface area contributed by atoms with Crippen LogP contribution in [0.5, 0.6) is 0 Å². The van der Waals surface area contributed by atoms with E-state index in [1.54, 1.807) is 6.33 Å². The summed E-state index contributed by atoms with van der Waals surface area (Å²) in [5.74, 6) is 1.07. The van der Waals surface area contributed by atoms with Gasteiger partial charge in [0.15, 0.2) is 0 Å². The highest BCUT2D eigenvalue weighted by atomic mass is 16.1. The molecule has 7 nitrogen and oxygen atoms in total. The second kappa shape index (κ2) is 5.67. The first-order chi connectivity index (χ1) is 10.1. The Hall–Kier alpha value is -2.18. The van der Waals surface area contributed by atoms with Crippen molar-refractivity contribution in [1.82, 2.24) is 29.6 Å². The number of hydrogen-bond donors (Lipinski definition) is 1. The molecule has 1 unspecified atom stereocenters. The van der Waals surface area contributed by atoms with E-state index in [1.807, 2.05) is 24.9 Å². The molecule has 1 atom stereocenters. The maximum Gasteiger partial charge on any atom is 0.225 e. The van der Waals surface area contributed by atoms with Crippen LogP contribution in [0, 0.1) is 19.8 Å². The molecule has 7 heteroatoms. The Bertz CT molecular complexity index is 644. The summed E-state index contributed by atoms with van der Waals surface area (Å²) in [6.45, 7) is 6.03. The molecule has 1 N–H and O–H groups in total. The van der Waals surface area contributed by atoms with Crippen LogP contribution in [0.4, 0.5) is 0 Å². The fraction of sp³-hybridized carbons (Fsp3) is 0.571. The van der Waals surface area contributed by atoms with Gasteiger partial charge in [-0.1, -0.05) is 0 Å². The Labute approximate surface area is 123 Å². The summed E-state index contributed by atoms with van der Waals surface area (Å²) in [6.07, 6.45) is 5.03. The molecule has 1 aliphatic rings.